The van der Waals surface area contributed by atoms with E-state index in [-0.39, 0.29) is 5.54 Å². The monoisotopic (exact) mass is 253 g/mol. The molecule has 17 heavy (non-hydrogen) atoms. The molecule has 1 unspecified atom stereocenters. The quantitative estimate of drug-likeness (QED) is 0.848. The Bertz CT molecular complexity index is 355. The minimum absolute atomic E-state index is 0.0269. The highest BCUT2D eigenvalue weighted by Crippen LogP contribution is 2.27. The Morgan fingerprint density at radius 3 is 2.82 bits per heavy atom. The van der Waals surface area contributed by atoms with Gasteiger partial charge in [0.2, 0.25) is 0 Å². The van der Waals surface area contributed by atoms with Crippen molar-refractivity contribution in [3.8, 4) is 0 Å². The van der Waals surface area contributed by atoms with E-state index in [1.165, 1.54) is 22.7 Å². The second-order valence-electron chi connectivity index (χ2n) is 5.19. The van der Waals surface area contributed by atoms with Crippen molar-refractivity contribution in [2.45, 2.75) is 57.5 Å². The zero-order valence-corrected chi connectivity index (χ0v) is 11.6. The molecular formula is C13H23N3S. The van der Waals surface area contributed by atoms with Gasteiger partial charge >= 0.3 is 0 Å². The van der Waals surface area contributed by atoms with E-state index in [1.54, 1.807) is 0 Å². The Morgan fingerprint density at radius 1 is 1.53 bits per heavy atom. The summed E-state index contributed by atoms with van der Waals surface area (Å²) in [6, 6.07) is 0.321. The SMILES string of the molecule is CCc1cnc(C(C)NCC2(N)CCCC2)s1. The Kier molecular flexibility index (Phi) is 4.17. The van der Waals surface area contributed by atoms with Crippen LogP contribution in [0.3, 0.4) is 0 Å². The predicted molar refractivity (Wildman–Crippen MR) is 73.3 cm³/mol. The van der Waals surface area contributed by atoms with Crippen molar-refractivity contribution in [2.75, 3.05) is 6.54 Å². The maximum absolute atomic E-state index is 6.34. The van der Waals surface area contributed by atoms with E-state index >= 15 is 0 Å². The van der Waals surface area contributed by atoms with Crippen LogP contribution in [0.1, 0.15) is 55.5 Å². The minimum Gasteiger partial charge on any atom is -0.324 e. The van der Waals surface area contributed by atoms with Crippen molar-refractivity contribution in [1.82, 2.24) is 10.3 Å². The van der Waals surface area contributed by atoms with Crippen LogP contribution in [-0.2, 0) is 6.42 Å². The molecule has 3 N–H and O–H groups in total. The number of nitrogens with two attached hydrogens (primary N) is 1. The summed E-state index contributed by atoms with van der Waals surface area (Å²) in [5.74, 6) is 0. The first-order valence-corrected chi connectivity index (χ1v) is 7.41. The van der Waals surface area contributed by atoms with Crippen LogP contribution in [0, 0.1) is 0 Å². The first-order chi connectivity index (χ1) is 8.13. The summed E-state index contributed by atoms with van der Waals surface area (Å²) in [5, 5.41) is 4.73. The summed E-state index contributed by atoms with van der Waals surface area (Å²) >= 11 is 1.81. The molecule has 2 rings (SSSR count). The number of nitrogens with zero attached hydrogens (tertiary/aromatic N) is 1. The lowest BCUT2D eigenvalue weighted by Crippen LogP contribution is -2.46. The Labute approximate surface area is 108 Å². The van der Waals surface area contributed by atoms with Crippen LogP contribution in [0.25, 0.3) is 0 Å². The van der Waals surface area contributed by atoms with Crippen molar-refractivity contribution >= 4 is 11.3 Å². The smallest absolute Gasteiger partial charge is 0.109 e. The number of thiazole rings is 1. The fourth-order valence-corrected chi connectivity index (χ4v) is 3.27. The third kappa shape index (κ3) is 3.27. The van der Waals surface area contributed by atoms with Gasteiger partial charge in [0.1, 0.15) is 5.01 Å². The Balaban J connectivity index is 1.86. The van der Waals surface area contributed by atoms with Gasteiger partial charge in [0.25, 0.3) is 0 Å². The fraction of sp³-hybridized carbons (Fsp3) is 0.769. The van der Waals surface area contributed by atoms with Crippen LogP contribution in [0.5, 0.6) is 0 Å². The van der Waals surface area contributed by atoms with E-state index in [2.05, 4.69) is 24.1 Å². The molecule has 1 aliphatic carbocycles. The third-order valence-corrected chi connectivity index (χ3v) is 4.97. The number of hydrogen-bond donors (Lipinski definition) is 2. The average molecular weight is 253 g/mol. The van der Waals surface area contributed by atoms with Gasteiger partial charge in [-0.1, -0.05) is 19.8 Å². The molecule has 0 spiro atoms. The van der Waals surface area contributed by atoms with Crippen molar-refractivity contribution in [1.29, 1.82) is 0 Å². The molecule has 0 saturated heterocycles. The van der Waals surface area contributed by atoms with E-state index < -0.39 is 0 Å². The normalized spacial score (nSPS) is 20.6. The second-order valence-corrected chi connectivity index (χ2v) is 6.34. The zero-order valence-electron chi connectivity index (χ0n) is 10.8. The molecule has 1 fully saturated rings. The van der Waals surface area contributed by atoms with E-state index in [1.807, 2.05) is 17.5 Å². The summed E-state index contributed by atoms with van der Waals surface area (Å²) in [4.78, 5) is 5.83. The van der Waals surface area contributed by atoms with Gasteiger partial charge in [-0.2, -0.15) is 0 Å². The maximum atomic E-state index is 6.34. The lowest BCUT2D eigenvalue weighted by atomic mass is 9.99. The van der Waals surface area contributed by atoms with E-state index in [9.17, 15) is 0 Å². The standard InChI is InChI=1S/C13H23N3S/c1-3-11-8-15-12(17-11)10(2)16-9-13(14)6-4-5-7-13/h8,10,16H,3-7,9,14H2,1-2H3. The highest BCUT2D eigenvalue weighted by atomic mass is 32.1. The van der Waals surface area contributed by atoms with Crippen LogP contribution in [0.15, 0.2) is 6.20 Å². The molecule has 4 heteroatoms. The molecule has 0 radical (unpaired) electrons. The Hall–Kier alpha value is -0.450. The molecular weight excluding hydrogens is 230 g/mol. The molecule has 96 valence electrons. The van der Waals surface area contributed by atoms with Gasteiger partial charge in [0, 0.05) is 23.2 Å². The first kappa shape index (κ1) is 13.0. The summed E-state index contributed by atoms with van der Waals surface area (Å²) in [5.41, 5.74) is 6.36. The predicted octanol–water partition coefficient (Wildman–Crippen LogP) is 2.63. The average Bonchev–Trinajstić information content (AvgIpc) is 2.95. The lowest BCUT2D eigenvalue weighted by molar-refractivity contribution is 0.383. The molecule has 0 aliphatic heterocycles. The van der Waals surface area contributed by atoms with Crippen molar-refractivity contribution in [2.24, 2.45) is 5.73 Å². The molecule has 1 atom stereocenters. The molecule has 1 aromatic rings. The number of aryl methyl sites for hydroxylation is 1. The zero-order chi connectivity index (χ0) is 12.3. The van der Waals surface area contributed by atoms with E-state index in [0.29, 0.717) is 6.04 Å². The minimum atomic E-state index is 0.0269. The number of rotatable bonds is 5. The number of hydrogen-bond acceptors (Lipinski definition) is 4. The summed E-state index contributed by atoms with van der Waals surface area (Å²) in [6.07, 6.45) is 7.94. The molecule has 0 amide bonds. The number of nitrogens with one attached hydrogen (secondary N) is 1. The van der Waals surface area contributed by atoms with E-state index in [0.717, 1.165) is 25.8 Å². The van der Waals surface area contributed by atoms with Crippen molar-refractivity contribution < 1.29 is 0 Å². The summed E-state index contributed by atoms with van der Waals surface area (Å²) < 4.78 is 0. The highest BCUT2D eigenvalue weighted by Gasteiger charge is 2.29. The van der Waals surface area contributed by atoms with Crippen LogP contribution >= 0.6 is 11.3 Å². The molecule has 1 heterocycles. The van der Waals surface area contributed by atoms with Gasteiger partial charge < -0.3 is 11.1 Å². The third-order valence-electron chi connectivity index (χ3n) is 3.65. The highest BCUT2D eigenvalue weighted by molar-refractivity contribution is 7.11. The van der Waals surface area contributed by atoms with Gasteiger partial charge in [-0.25, -0.2) is 4.98 Å². The molecule has 0 aromatic carbocycles. The van der Waals surface area contributed by atoms with Crippen LogP contribution in [0.2, 0.25) is 0 Å². The summed E-state index contributed by atoms with van der Waals surface area (Å²) in [7, 11) is 0. The topological polar surface area (TPSA) is 50.9 Å². The van der Waals surface area contributed by atoms with Gasteiger partial charge in [-0.3, -0.25) is 0 Å². The van der Waals surface area contributed by atoms with Crippen LogP contribution < -0.4 is 11.1 Å². The van der Waals surface area contributed by atoms with Crippen molar-refractivity contribution in [3.63, 3.8) is 0 Å². The van der Waals surface area contributed by atoms with Gasteiger partial charge in [-0.05, 0) is 26.2 Å². The van der Waals surface area contributed by atoms with Gasteiger partial charge in [-0.15, -0.1) is 11.3 Å². The van der Waals surface area contributed by atoms with Gasteiger partial charge in [0.15, 0.2) is 0 Å². The summed E-state index contributed by atoms with van der Waals surface area (Å²) in [6.45, 7) is 5.26. The van der Waals surface area contributed by atoms with Crippen molar-refractivity contribution in [3.05, 3.63) is 16.1 Å². The number of aromatic nitrogens is 1. The van der Waals surface area contributed by atoms with Crippen LogP contribution in [0.4, 0.5) is 0 Å². The molecule has 1 aromatic heterocycles. The van der Waals surface area contributed by atoms with Crippen LogP contribution in [-0.4, -0.2) is 17.1 Å². The second kappa shape index (κ2) is 5.46. The fourth-order valence-electron chi connectivity index (χ4n) is 2.39. The van der Waals surface area contributed by atoms with Gasteiger partial charge in [0.05, 0.1) is 6.04 Å². The van der Waals surface area contributed by atoms with E-state index in [4.69, 9.17) is 5.73 Å². The Morgan fingerprint density at radius 2 is 2.24 bits per heavy atom. The lowest BCUT2D eigenvalue weighted by Gasteiger charge is -2.25. The molecule has 0 bridgehead atoms. The largest absolute Gasteiger partial charge is 0.324 e. The molecule has 3 nitrogen and oxygen atoms in total. The first-order valence-electron chi connectivity index (χ1n) is 6.60. The maximum Gasteiger partial charge on any atom is 0.109 e. The molecule has 1 aliphatic rings. The molecule has 1 saturated carbocycles.